The van der Waals surface area contributed by atoms with Gasteiger partial charge >= 0.3 is 6.03 Å². The Balaban J connectivity index is 1.67. The maximum absolute atomic E-state index is 13.8. The molecule has 182 valence electrons. The van der Waals surface area contributed by atoms with E-state index >= 15 is 0 Å². The number of rotatable bonds is 5. The molecule has 1 aromatic heterocycles. The van der Waals surface area contributed by atoms with Crippen molar-refractivity contribution >= 4 is 17.3 Å². The van der Waals surface area contributed by atoms with E-state index in [4.69, 9.17) is 9.26 Å². The Kier molecular flexibility index (Phi) is 6.01. The van der Waals surface area contributed by atoms with Crippen molar-refractivity contribution in [3.05, 3.63) is 101 Å². The number of hydrogen-bond acceptors (Lipinski definition) is 5. The van der Waals surface area contributed by atoms with E-state index in [0.717, 1.165) is 22.4 Å². The number of carbonyl (C=O) groups excluding carboxylic acids is 1. The van der Waals surface area contributed by atoms with Crippen LogP contribution in [0.1, 0.15) is 35.5 Å². The van der Waals surface area contributed by atoms with Crippen molar-refractivity contribution in [3.8, 4) is 17.1 Å². The van der Waals surface area contributed by atoms with Crippen LogP contribution in [0.5, 0.6) is 5.75 Å². The smallest absolute Gasteiger partial charge is 0.326 e. The van der Waals surface area contributed by atoms with Crippen molar-refractivity contribution in [2.75, 3.05) is 12.0 Å². The molecule has 1 N–H and O–H groups in total. The fraction of sp³-hybridized carbons (Fsp3) is 0.179. The van der Waals surface area contributed by atoms with Crippen LogP contribution in [0.15, 0.2) is 77.0 Å². The SMILES string of the molecule is COc1cccc(C2NC(=O)N(c3ccc(C)c(C)c3)C(C)=C2c2nc(-c3cccc(F)c3)no2)c1. The molecule has 0 radical (unpaired) electrons. The largest absolute Gasteiger partial charge is 0.497 e. The van der Waals surface area contributed by atoms with Gasteiger partial charge in [-0.1, -0.05) is 35.5 Å². The molecule has 5 rings (SSSR count). The number of allylic oxidation sites excluding steroid dienone is 1. The predicted octanol–water partition coefficient (Wildman–Crippen LogP) is 6.20. The lowest BCUT2D eigenvalue weighted by Gasteiger charge is -2.35. The number of nitrogens with one attached hydrogen (secondary N) is 1. The van der Waals surface area contributed by atoms with Crippen LogP contribution >= 0.6 is 0 Å². The highest BCUT2D eigenvalue weighted by Gasteiger charge is 2.36. The molecule has 2 heterocycles. The van der Waals surface area contributed by atoms with Crippen molar-refractivity contribution in [2.24, 2.45) is 0 Å². The zero-order valence-electron chi connectivity index (χ0n) is 20.4. The van der Waals surface area contributed by atoms with Gasteiger partial charge in [-0.05, 0) is 73.9 Å². The van der Waals surface area contributed by atoms with Crippen LogP contribution in [0.2, 0.25) is 0 Å². The number of benzene rings is 3. The number of urea groups is 1. The van der Waals surface area contributed by atoms with E-state index in [9.17, 15) is 9.18 Å². The fourth-order valence-corrected chi connectivity index (χ4v) is 4.34. The van der Waals surface area contributed by atoms with Gasteiger partial charge in [-0.2, -0.15) is 4.98 Å². The number of carbonyl (C=O) groups is 1. The monoisotopic (exact) mass is 484 g/mol. The van der Waals surface area contributed by atoms with Crippen LogP contribution in [0.3, 0.4) is 0 Å². The lowest BCUT2D eigenvalue weighted by atomic mass is 9.94. The highest BCUT2D eigenvalue weighted by molar-refractivity contribution is 6.01. The maximum Gasteiger partial charge on any atom is 0.326 e. The molecule has 1 aliphatic rings. The lowest BCUT2D eigenvalue weighted by Crippen LogP contribution is -2.46. The molecule has 1 atom stereocenters. The number of ether oxygens (including phenoxy) is 1. The third-order valence-corrected chi connectivity index (χ3v) is 6.40. The summed E-state index contributed by atoms with van der Waals surface area (Å²) in [5, 5.41) is 7.19. The molecule has 0 spiro atoms. The quantitative estimate of drug-likeness (QED) is 0.365. The molecule has 8 heteroatoms. The third kappa shape index (κ3) is 4.22. The second-order valence-corrected chi connectivity index (χ2v) is 8.70. The van der Waals surface area contributed by atoms with Crippen molar-refractivity contribution in [2.45, 2.75) is 26.8 Å². The summed E-state index contributed by atoms with van der Waals surface area (Å²) in [5.74, 6) is 0.743. The fourth-order valence-electron chi connectivity index (χ4n) is 4.34. The Morgan fingerprint density at radius 3 is 2.56 bits per heavy atom. The van der Waals surface area contributed by atoms with E-state index < -0.39 is 11.9 Å². The maximum atomic E-state index is 13.8. The van der Waals surface area contributed by atoms with Gasteiger partial charge in [-0.15, -0.1) is 0 Å². The van der Waals surface area contributed by atoms with Crippen LogP contribution in [-0.2, 0) is 0 Å². The second-order valence-electron chi connectivity index (χ2n) is 8.70. The Morgan fingerprint density at radius 1 is 1.00 bits per heavy atom. The number of hydrogen-bond donors (Lipinski definition) is 1. The molecule has 2 amide bonds. The summed E-state index contributed by atoms with van der Waals surface area (Å²) in [5.41, 5.74) is 5.48. The number of halogens is 1. The van der Waals surface area contributed by atoms with E-state index in [1.165, 1.54) is 12.1 Å². The van der Waals surface area contributed by atoms with Crippen molar-refractivity contribution < 1.29 is 18.4 Å². The van der Waals surface area contributed by atoms with Gasteiger partial charge in [-0.3, -0.25) is 4.90 Å². The first-order chi connectivity index (χ1) is 17.4. The summed E-state index contributed by atoms with van der Waals surface area (Å²) < 4.78 is 24.9. The van der Waals surface area contributed by atoms with E-state index in [2.05, 4.69) is 15.5 Å². The number of nitrogens with zero attached hydrogens (tertiary/aromatic N) is 3. The number of aromatic nitrogens is 2. The Hall–Kier alpha value is -4.46. The molecule has 0 saturated carbocycles. The molecular weight excluding hydrogens is 459 g/mol. The Morgan fingerprint density at radius 2 is 1.81 bits per heavy atom. The van der Waals surface area contributed by atoms with Gasteiger partial charge in [0.05, 0.1) is 24.4 Å². The van der Waals surface area contributed by atoms with Crippen LogP contribution in [0, 0.1) is 19.7 Å². The summed E-state index contributed by atoms with van der Waals surface area (Å²) in [7, 11) is 1.59. The molecule has 7 nitrogen and oxygen atoms in total. The molecule has 4 aromatic rings. The average Bonchev–Trinajstić information content (AvgIpc) is 3.35. The first kappa shape index (κ1) is 23.3. The number of methoxy groups -OCH3 is 1. The predicted molar refractivity (Wildman–Crippen MR) is 135 cm³/mol. The molecule has 0 bridgehead atoms. The van der Waals surface area contributed by atoms with Gasteiger partial charge in [-0.25, -0.2) is 9.18 Å². The zero-order valence-corrected chi connectivity index (χ0v) is 20.4. The number of aryl methyl sites for hydroxylation is 2. The van der Waals surface area contributed by atoms with Crippen molar-refractivity contribution in [3.63, 3.8) is 0 Å². The lowest BCUT2D eigenvalue weighted by molar-refractivity contribution is 0.244. The average molecular weight is 485 g/mol. The first-order valence-electron chi connectivity index (χ1n) is 11.5. The summed E-state index contributed by atoms with van der Waals surface area (Å²) in [6, 6.07) is 18.4. The standard InChI is InChI=1S/C28H25FN4O3/c1-16-11-12-22(13-17(16)2)33-18(3)24(25(30-28(33)34)19-7-6-10-23(15-19)35-4)27-31-26(32-36-27)20-8-5-9-21(29)14-20/h5-15,25H,1-4H3,(H,30,34). The molecule has 0 fully saturated rings. The van der Waals surface area contributed by atoms with Gasteiger partial charge in [0.25, 0.3) is 5.89 Å². The van der Waals surface area contributed by atoms with Gasteiger partial charge in [0.1, 0.15) is 11.6 Å². The number of anilines is 1. The summed E-state index contributed by atoms with van der Waals surface area (Å²) in [6.45, 7) is 5.88. The van der Waals surface area contributed by atoms with E-state index in [-0.39, 0.29) is 17.7 Å². The van der Waals surface area contributed by atoms with E-state index in [1.54, 1.807) is 24.1 Å². The van der Waals surface area contributed by atoms with Crippen molar-refractivity contribution in [1.29, 1.82) is 0 Å². The molecule has 1 unspecified atom stereocenters. The van der Waals surface area contributed by atoms with E-state index in [0.29, 0.717) is 22.6 Å². The highest BCUT2D eigenvalue weighted by Crippen LogP contribution is 2.40. The topological polar surface area (TPSA) is 80.5 Å². The van der Waals surface area contributed by atoms with Crippen LogP contribution in [0.4, 0.5) is 14.9 Å². The molecule has 0 aliphatic carbocycles. The van der Waals surface area contributed by atoms with Gasteiger partial charge in [0.2, 0.25) is 5.82 Å². The van der Waals surface area contributed by atoms with Gasteiger partial charge < -0.3 is 14.6 Å². The molecule has 0 saturated heterocycles. The third-order valence-electron chi connectivity index (χ3n) is 6.40. The van der Waals surface area contributed by atoms with Gasteiger partial charge in [0, 0.05) is 11.3 Å². The summed E-state index contributed by atoms with van der Waals surface area (Å²) in [4.78, 5) is 19.6. The van der Waals surface area contributed by atoms with E-state index in [1.807, 2.05) is 63.2 Å². The summed E-state index contributed by atoms with van der Waals surface area (Å²) >= 11 is 0. The number of amides is 2. The summed E-state index contributed by atoms with van der Waals surface area (Å²) in [6.07, 6.45) is 0. The Labute approximate surface area is 208 Å². The first-order valence-corrected chi connectivity index (χ1v) is 11.5. The van der Waals surface area contributed by atoms with Gasteiger partial charge in [0.15, 0.2) is 0 Å². The molecule has 1 aliphatic heterocycles. The normalized spacial score (nSPS) is 15.8. The molecular formula is C28H25FN4O3. The zero-order chi connectivity index (χ0) is 25.4. The minimum atomic E-state index is -0.573. The van der Waals surface area contributed by atoms with Crippen molar-refractivity contribution in [1.82, 2.24) is 15.5 Å². The van der Waals surface area contributed by atoms with Crippen LogP contribution in [-0.4, -0.2) is 23.3 Å². The highest BCUT2D eigenvalue weighted by atomic mass is 19.1. The second kappa shape index (κ2) is 9.30. The Bertz CT molecular complexity index is 1490. The van der Waals surface area contributed by atoms with Crippen LogP contribution < -0.4 is 15.0 Å². The van der Waals surface area contributed by atoms with Crippen LogP contribution in [0.25, 0.3) is 17.0 Å². The minimum absolute atomic E-state index is 0.230. The minimum Gasteiger partial charge on any atom is -0.497 e. The molecule has 36 heavy (non-hydrogen) atoms. The molecule has 3 aromatic carbocycles.